The van der Waals surface area contributed by atoms with E-state index in [0.717, 1.165) is 0 Å². The predicted molar refractivity (Wildman–Crippen MR) is 46.7 cm³/mol. The van der Waals surface area contributed by atoms with Crippen LogP contribution in [0.1, 0.15) is 32.1 Å². The number of ketones is 1. The number of nitriles is 1. The lowest BCUT2D eigenvalue weighted by Gasteiger charge is -2.28. The first-order chi connectivity index (χ1) is 6.95. The lowest BCUT2D eigenvalue weighted by molar-refractivity contribution is -0.184. The minimum Gasteiger partial charge on any atom is -0.298 e. The lowest BCUT2D eigenvalue weighted by atomic mass is 9.79. The molecule has 0 radical (unpaired) electrons. The molecule has 1 saturated carbocycles. The average molecular weight is 219 g/mol. The maximum Gasteiger partial charge on any atom is 0.391 e. The van der Waals surface area contributed by atoms with Gasteiger partial charge in [0.25, 0.3) is 0 Å². The summed E-state index contributed by atoms with van der Waals surface area (Å²) in [6.45, 7) is 0. The summed E-state index contributed by atoms with van der Waals surface area (Å²) in [7, 11) is 0. The van der Waals surface area contributed by atoms with E-state index in [1.165, 1.54) is 0 Å². The molecule has 0 amide bonds. The third-order valence-electron chi connectivity index (χ3n) is 2.90. The van der Waals surface area contributed by atoms with Gasteiger partial charge in [0.15, 0.2) is 0 Å². The maximum absolute atomic E-state index is 12.3. The van der Waals surface area contributed by atoms with E-state index in [9.17, 15) is 18.0 Å². The Morgan fingerprint density at radius 2 is 1.80 bits per heavy atom. The van der Waals surface area contributed by atoms with Gasteiger partial charge in [-0.15, -0.1) is 0 Å². The van der Waals surface area contributed by atoms with Crippen LogP contribution in [-0.2, 0) is 4.79 Å². The molecule has 0 aliphatic heterocycles. The molecule has 1 rings (SSSR count). The minimum atomic E-state index is -4.14. The number of rotatable bonds is 2. The van der Waals surface area contributed by atoms with E-state index >= 15 is 0 Å². The molecule has 1 fully saturated rings. The molecule has 0 bridgehead atoms. The number of halogens is 3. The van der Waals surface area contributed by atoms with E-state index in [4.69, 9.17) is 5.26 Å². The lowest BCUT2D eigenvalue weighted by Crippen LogP contribution is -2.30. The normalized spacial score (nSPS) is 27.1. The van der Waals surface area contributed by atoms with Crippen molar-refractivity contribution >= 4 is 5.78 Å². The van der Waals surface area contributed by atoms with Crippen LogP contribution in [-0.4, -0.2) is 12.0 Å². The summed E-state index contributed by atoms with van der Waals surface area (Å²) in [5, 5.41) is 8.30. The molecule has 15 heavy (non-hydrogen) atoms. The van der Waals surface area contributed by atoms with Crippen LogP contribution in [0, 0.1) is 23.2 Å². The number of nitrogens with zero attached hydrogens (tertiary/aromatic N) is 1. The number of hydrogen-bond acceptors (Lipinski definition) is 2. The van der Waals surface area contributed by atoms with Crippen LogP contribution in [0.3, 0.4) is 0 Å². The predicted octanol–water partition coefficient (Wildman–Crippen LogP) is 2.84. The Labute approximate surface area is 86.1 Å². The van der Waals surface area contributed by atoms with Gasteiger partial charge in [0.1, 0.15) is 5.78 Å². The number of alkyl halides is 3. The number of Topliss-reactive ketones (excluding diaryl/α,β-unsaturated/α-hetero) is 1. The fourth-order valence-corrected chi connectivity index (χ4v) is 1.96. The van der Waals surface area contributed by atoms with Crippen LogP contribution in [0.25, 0.3) is 0 Å². The first-order valence-electron chi connectivity index (χ1n) is 4.91. The summed E-state index contributed by atoms with van der Waals surface area (Å²) in [6.07, 6.45) is -3.74. The van der Waals surface area contributed by atoms with Crippen molar-refractivity contribution in [1.82, 2.24) is 0 Å². The first-order valence-corrected chi connectivity index (χ1v) is 4.91. The second-order valence-electron chi connectivity index (χ2n) is 3.89. The van der Waals surface area contributed by atoms with Crippen molar-refractivity contribution in [2.75, 3.05) is 0 Å². The van der Waals surface area contributed by atoms with E-state index in [0.29, 0.717) is 0 Å². The Hall–Kier alpha value is -1.05. The van der Waals surface area contributed by atoms with Crippen molar-refractivity contribution in [2.45, 2.75) is 38.3 Å². The minimum absolute atomic E-state index is 0.0192. The van der Waals surface area contributed by atoms with Gasteiger partial charge < -0.3 is 0 Å². The summed E-state index contributed by atoms with van der Waals surface area (Å²) in [6, 6.07) is 1.73. The van der Waals surface area contributed by atoms with Gasteiger partial charge in [-0.1, -0.05) is 0 Å². The van der Waals surface area contributed by atoms with Gasteiger partial charge in [-0.25, -0.2) is 0 Å². The van der Waals surface area contributed by atoms with Gasteiger partial charge >= 0.3 is 6.18 Å². The Bertz CT molecular complexity index is 271. The van der Waals surface area contributed by atoms with Crippen LogP contribution >= 0.6 is 0 Å². The molecule has 0 aromatic carbocycles. The highest BCUT2D eigenvalue weighted by Gasteiger charge is 2.42. The molecule has 2 nitrogen and oxygen atoms in total. The topological polar surface area (TPSA) is 40.9 Å². The van der Waals surface area contributed by atoms with Gasteiger partial charge in [-0.2, -0.15) is 18.4 Å². The summed E-state index contributed by atoms with van der Waals surface area (Å²) < 4.78 is 36.8. The maximum atomic E-state index is 12.3. The van der Waals surface area contributed by atoms with Crippen molar-refractivity contribution < 1.29 is 18.0 Å². The summed E-state index contributed by atoms with van der Waals surface area (Å²) in [4.78, 5) is 11.3. The second-order valence-corrected chi connectivity index (χ2v) is 3.89. The Kier molecular flexibility index (Phi) is 3.72. The van der Waals surface area contributed by atoms with Crippen molar-refractivity contribution in [2.24, 2.45) is 11.8 Å². The van der Waals surface area contributed by atoms with Crippen molar-refractivity contribution in [3.05, 3.63) is 0 Å². The first kappa shape index (κ1) is 12.0. The highest BCUT2D eigenvalue weighted by Crippen LogP contribution is 2.39. The van der Waals surface area contributed by atoms with Crippen LogP contribution in [0.15, 0.2) is 0 Å². The van der Waals surface area contributed by atoms with Crippen molar-refractivity contribution in [3.63, 3.8) is 0 Å². The molecule has 0 aromatic rings. The summed E-state index contributed by atoms with van der Waals surface area (Å²) >= 11 is 0. The standard InChI is InChI=1S/C10H12F3NO/c11-10(12,13)8-3-1-7(2-4-8)9(15)5-6-14/h7-8H,1-5H2. The van der Waals surface area contributed by atoms with Crippen molar-refractivity contribution in [1.29, 1.82) is 5.26 Å². The third kappa shape index (κ3) is 3.22. The fraction of sp³-hybridized carbons (Fsp3) is 0.800. The molecule has 5 heteroatoms. The zero-order chi connectivity index (χ0) is 11.5. The highest BCUT2D eigenvalue weighted by molar-refractivity contribution is 5.82. The molecule has 0 unspecified atom stereocenters. The molecule has 84 valence electrons. The molecule has 0 N–H and O–H groups in total. The molecule has 1 aliphatic carbocycles. The van der Waals surface area contributed by atoms with Crippen LogP contribution in [0.4, 0.5) is 13.2 Å². The van der Waals surface area contributed by atoms with Crippen LogP contribution in [0.2, 0.25) is 0 Å². The summed E-state index contributed by atoms with van der Waals surface area (Å²) in [5.74, 6) is -1.80. The van der Waals surface area contributed by atoms with Crippen LogP contribution < -0.4 is 0 Å². The monoisotopic (exact) mass is 219 g/mol. The molecule has 1 aliphatic rings. The van der Waals surface area contributed by atoms with Crippen molar-refractivity contribution in [3.8, 4) is 6.07 Å². The molecular formula is C10H12F3NO. The van der Waals surface area contributed by atoms with E-state index in [2.05, 4.69) is 0 Å². The van der Waals surface area contributed by atoms with Gasteiger partial charge in [0.2, 0.25) is 0 Å². The number of carbonyl (C=O) groups excluding carboxylic acids is 1. The van der Waals surface area contributed by atoms with E-state index in [1.807, 2.05) is 0 Å². The Morgan fingerprint density at radius 3 is 2.20 bits per heavy atom. The fourth-order valence-electron chi connectivity index (χ4n) is 1.96. The highest BCUT2D eigenvalue weighted by atomic mass is 19.4. The van der Waals surface area contributed by atoms with Gasteiger partial charge in [0.05, 0.1) is 18.4 Å². The largest absolute Gasteiger partial charge is 0.391 e. The molecule has 0 spiro atoms. The van der Waals surface area contributed by atoms with E-state index in [-0.39, 0.29) is 43.8 Å². The van der Waals surface area contributed by atoms with E-state index < -0.39 is 12.1 Å². The van der Waals surface area contributed by atoms with Gasteiger partial charge in [-0.3, -0.25) is 4.79 Å². The van der Waals surface area contributed by atoms with Crippen LogP contribution in [0.5, 0.6) is 0 Å². The molecule has 0 aromatic heterocycles. The summed E-state index contributed by atoms with van der Waals surface area (Å²) in [5.41, 5.74) is 0. The second kappa shape index (κ2) is 4.65. The molecule has 0 heterocycles. The third-order valence-corrected chi connectivity index (χ3v) is 2.90. The quantitative estimate of drug-likeness (QED) is 0.716. The van der Waals surface area contributed by atoms with Gasteiger partial charge in [-0.05, 0) is 25.7 Å². The Balaban J connectivity index is 2.43. The molecule has 0 saturated heterocycles. The molecule has 0 atom stereocenters. The zero-order valence-electron chi connectivity index (χ0n) is 8.18. The Morgan fingerprint density at radius 1 is 1.27 bits per heavy atom. The zero-order valence-corrected chi connectivity index (χ0v) is 8.18. The molecular weight excluding hydrogens is 207 g/mol. The van der Waals surface area contributed by atoms with Gasteiger partial charge in [0, 0.05) is 5.92 Å². The number of carbonyl (C=O) groups is 1. The number of hydrogen-bond donors (Lipinski definition) is 0. The van der Waals surface area contributed by atoms with E-state index in [1.54, 1.807) is 6.07 Å². The average Bonchev–Trinajstić information content (AvgIpc) is 2.17. The SMILES string of the molecule is N#CCC(=O)C1CCC(C(F)(F)F)CC1. The smallest absolute Gasteiger partial charge is 0.298 e.